The van der Waals surface area contributed by atoms with Gasteiger partial charge in [-0.05, 0) is 24.5 Å². The standard InChI is InChI=1S/C14H20NO2S.Pd/c1-12-5-7-13(8-6-12)18(16,17)15-10-4-9-14(2,3)11-15;/h4-8H,9-11H2,1-3H3;/q-1;. The van der Waals surface area contributed by atoms with Gasteiger partial charge in [0, 0.05) is 27.0 Å². The first-order valence-corrected chi connectivity index (χ1v) is 7.64. The minimum atomic E-state index is -3.35. The number of aryl methyl sites for hydroxylation is 1. The molecule has 0 saturated carbocycles. The molecule has 0 aromatic heterocycles. The fourth-order valence-corrected chi connectivity index (χ4v) is 3.85. The molecule has 0 unspecified atom stereocenters. The van der Waals surface area contributed by atoms with Gasteiger partial charge in [-0.15, -0.1) is 6.54 Å². The Morgan fingerprint density at radius 2 is 1.79 bits per heavy atom. The zero-order valence-electron chi connectivity index (χ0n) is 11.5. The molecule has 2 rings (SSSR count). The Kier molecular flexibility index (Phi) is 5.37. The minimum Gasteiger partial charge on any atom is -0.313 e. The molecule has 5 heteroatoms. The summed E-state index contributed by atoms with van der Waals surface area (Å²) in [6.45, 7) is 7.24. The van der Waals surface area contributed by atoms with Crippen molar-refractivity contribution in [2.45, 2.75) is 32.1 Å². The van der Waals surface area contributed by atoms with E-state index in [-0.39, 0.29) is 25.8 Å². The summed E-state index contributed by atoms with van der Waals surface area (Å²) in [5.74, 6) is 0. The Hall–Kier alpha value is -0.208. The molecule has 0 aliphatic carbocycles. The molecular formula is C14H20NO2PdS-. The van der Waals surface area contributed by atoms with Crippen molar-refractivity contribution in [2.24, 2.45) is 5.41 Å². The predicted molar refractivity (Wildman–Crippen MR) is 72.6 cm³/mol. The van der Waals surface area contributed by atoms with Gasteiger partial charge in [0.05, 0.1) is 4.90 Å². The van der Waals surface area contributed by atoms with Gasteiger partial charge in [0.2, 0.25) is 10.0 Å². The van der Waals surface area contributed by atoms with Crippen LogP contribution in [0.15, 0.2) is 29.2 Å². The average molecular weight is 373 g/mol. The van der Waals surface area contributed by atoms with Crippen molar-refractivity contribution in [2.75, 3.05) is 13.1 Å². The van der Waals surface area contributed by atoms with E-state index in [1.807, 2.05) is 19.1 Å². The van der Waals surface area contributed by atoms with Crippen molar-refractivity contribution in [3.8, 4) is 0 Å². The van der Waals surface area contributed by atoms with Crippen LogP contribution in [0.2, 0.25) is 0 Å². The van der Waals surface area contributed by atoms with Crippen molar-refractivity contribution < 1.29 is 28.8 Å². The van der Waals surface area contributed by atoms with Gasteiger partial charge in [-0.1, -0.05) is 31.5 Å². The molecule has 1 aliphatic rings. The number of benzene rings is 1. The third-order valence-corrected chi connectivity index (χ3v) is 5.12. The van der Waals surface area contributed by atoms with E-state index >= 15 is 0 Å². The molecule has 110 valence electrons. The van der Waals surface area contributed by atoms with Gasteiger partial charge in [0.1, 0.15) is 0 Å². The van der Waals surface area contributed by atoms with Crippen molar-refractivity contribution >= 4 is 10.0 Å². The molecule has 0 spiro atoms. The fourth-order valence-electron chi connectivity index (χ4n) is 2.25. The molecule has 19 heavy (non-hydrogen) atoms. The quantitative estimate of drug-likeness (QED) is 0.591. The van der Waals surface area contributed by atoms with E-state index in [1.165, 1.54) is 0 Å². The van der Waals surface area contributed by atoms with Gasteiger partial charge in [-0.3, -0.25) is 0 Å². The summed E-state index contributed by atoms with van der Waals surface area (Å²) in [6.07, 6.45) is 3.02. The molecule has 1 aliphatic heterocycles. The topological polar surface area (TPSA) is 37.4 Å². The predicted octanol–water partition coefficient (Wildman–Crippen LogP) is 2.62. The first-order valence-electron chi connectivity index (χ1n) is 6.20. The van der Waals surface area contributed by atoms with E-state index in [2.05, 4.69) is 20.3 Å². The molecular weight excluding hydrogens is 353 g/mol. The summed E-state index contributed by atoms with van der Waals surface area (Å²) in [4.78, 5) is 0.388. The van der Waals surface area contributed by atoms with Gasteiger partial charge in [-0.25, -0.2) is 12.7 Å². The molecule has 0 amide bonds. The van der Waals surface area contributed by atoms with Crippen LogP contribution in [0.1, 0.15) is 25.8 Å². The molecule has 0 atom stereocenters. The summed E-state index contributed by atoms with van der Waals surface area (Å²) in [5, 5.41) is 0. The molecule has 3 nitrogen and oxygen atoms in total. The number of piperidine rings is 1. The number of sulfonamides is 1. The summed E-state index contributed by atoms with van der Waals surface area (Å²) in [5.41, 5.74) is 1.09. The first-order chi connectivity index (χ1) is 8.31. The van der Waals surface area contributed by atoms with Gasteiger partial charge in [0.15, 0.2) is 0 Å². The molecule has 0 radical (unpaired) electrons. The van der Waals surface area contributed by atoms with Crippen LogP contribution in [-0.2, 0) is 30.4 Å². The summed E-state index contributed by atoms with van der Waals surface area (Å²) < 4.78 is 26.6. The van der Waals surface area contributed by atoms with Crippen LogP contribution in [-0.4, -0.2) is 25.8 Å². The maximum atomic E-state index is 12.5. The van der Waals surface area contributed by atoms with Crippen LogP contribution in [0.25, 0.3) is 0 Å². The van der Waals surface area contributed by atoms with E-state index in [1.54, 1.807) is 16.4 Å². The van der Waals surface area contributed by atoms with Gasteiger partial charge in [0.25, 0.3) is 0 Å². The number of hydrogen-bond acceptors (Lipinski definition) is 2. The molecule has 0 bridgehead atoms. The third-order valence-electron chi connectivity index (χ3n) is 3.29. The van der Waals surface area contributed by atoms with E-state index in [0.717, 1.165) is 12.0 Å². The van der Waals surface area contributed by atoms with Crippen molar-refractivity contribution in [1.29, 1.82) is 0 Å². The Morgan fingerprint density at radius 1 is 1.21 bits per heavy atom. The normalized spacial score (nSPS) is 19.7. The summed E-state index contributed by atoms with van der Waals surface area (Å²) >= 11 is 0. The van der Waals surface area contributed by atoms with Gasteiger partial charge < -0.3 is 6.42 Å². The first kappa shape index (κ1) is 16.8. The van der Waals surface area contributed by atoms with Crippen molar-refractivity contribution in [3.63, 3.8) is 0 Å². The second-order valence-electron chi connectivity index (χ2n) is 5.77. The zero-order chi connectivity index (χ0) is 13.4. The smallest absolute Gasteiger partial charge is 0.240 e. The Bertz CT molecular complexity index is 523. The summed E-state index contributed by atoms with van der Waals surface area (Å²) in [6, 6.07) is 7.05. The molecule has 1 saturated heterocycles. The number of hydrogen-bond donors (Lipinski definition) is 0. The van der Waals surface area contributed by atoms with E-state index in [4.69, 9.17) is 0 Å². The third kappa shape index (κ3) is 3.89. The van der Waals surface area contributed by atoms with Crippen LogP contribution in [0.4, 0.5) is 0 Å². The number of rotatable bonds is 2. The minimum absolute atomic E-state index is 0. The second-order valence-corrected chi connectivity index (χ2v) is 7.71. The van der Waals surface area contributed by atoms with Crippen molar-refractivity contribution in [3.05, 3.63) is 36.2 Å². The number of nitrogens with zero attached hydrogens (tertiary/aromatic N) is 1. The van der Waals surface area contributed by atoms with Crippen LogP contribution < -0.4 is 0 Å². The maximum Gasteiger partial charge on any atom is 0.240 e. The molecule has 1 heterocycles. The molecule has 1 aromatic rings. The monoisotopic (exact) mass is 372 g/mol. The Labute approximate surface area is 130 Å². The van der Waals surface area contributed by atoms with Gasteiger partial charge in [-0.2, -0.15) is 6.42 Å². The van der Waals surface area contributed by atoms with E-state index in [0.29, 0.717) is 18.0 Å². The van der Waals surface area contributed by atoms with Gasteiger partial charge >= 0.3 is 0 Å². The van der Waals surface area contributed by atoms with Crippen LogP contribution in [0.5, 0.6) is 0 Å². The second kappa shape index (κ2) is 6.05. The SMILES string of the molecule is Cc1ccc(S(=O)(=O)N2C[CH-]CC(C)(C)C2)cc1.[Pd]. The van der Waals surface area contributed by atoms with Crippen LogP contribution >= 0.6 is 0 Å². The zero-order valence-corrected chi connectivity index (χ0v) is 13.9. The average Bonchev–Trinajstić information content (AvgIpc) is 2.28. The van der Waals surface area contributed by atoms with E-state index in [9.17, 15) is 8.42 Å². The molecule has 0 N–H and O–H groups in total. The largest absolute Gasteiger partial charge is 0.313 e. The van der Waals surface area contributed by atoms with Crippen molar-refractivity contribution in [1.82, 2.24) is 4.31 Å². The van der Waals surface area contributed by atoms with Crippen LogP contribution in [0.3, 0.4) is 0 Å². The van der Waals surface area contributed by atoms with E-state index < -0.39 is 10.0 Å². The molecule has 1 aromatic carbocycles. The fraction of sp³-hybridized carbons (Fsp3) is 0.500. The Balaban J connectivity index is 0.00000180. The molecule has 1 fully saturated rings. The summed E-state index contributed by atoms with van der Waals surface area (Å²) in [7, 11) is -3.35. The Morgan fingerprint density at radius 3 is 2.32 bits per heavy atom. The maximum absolute atomic E-state index is 12.5. The van der Waals surface area contributed by atoms with Crippen LogP contribution in [0, 0.1) is 18.8 Å².